The summed E-state index contributed by atoms with van der Waals surface area (Å²) >= 11 is 0. The fraction of sp³-hybridized carbons (Fsp3) is 0.308. The van der Waals surface area contributed by atoms with Gasteiger partial charge < -0.3 is 10.4 Å². The maximum absolute atomic E-state index is 11.9. The van der Waals surface area contributed by atoms with Crippen molar-refractivity contribution in [2.75, 3.05) is 18.9 Å². The molecule has 0 atom stereocenters. The molecule has 0 unspecified atom stereocenters. The molecule has 1 rings (SSSR count). The molecule has 0 aliphatic heterocycles. The average molecular weight is 296 g/mol. The minimum Gasteiger partial charge on any atom is -0.395 e. The Morgan fingerprint density at radius 2 is 2.05 bits per heavy atom. The summed E-state index contributed by atoms with van der Waals surface area (Å²) in [5.74, 6) is 4.78. The van der Waals surface area contributed by atoms with E-state index in [-0.39, 0.29) is 18.9 Å². The number of carbonyl (C=O) groups is 1. The molecule has 7 heteroatoms. The van der Waals surface area contributed by atoms with Gasteiger partial charge in [0.05, 0.1) is 17.9 Å². The number of primary sulfonamides is 1. The first-order valence-electron chi connectivity index (χ1n) is 5.91. The van der Waals surface area contributed by atoms with Crippen molar-refractivity contribution in [2.45, 2.75) is 6.42 Å². The number of sulfonamides is 1. The number of carbonyl (C=O) groups excluding carboxylic acids is 1. The van der Waals surface area contributed by atoms with Crippen LogP contribution in [0.4, 0.5) is 0 Å². The van der Waals surface area contributed by atoms with Crippen molar-refractivity contribution in [2.24, 2.45) is 5.14 Å². The molecule has 0 spiro atoms. The van der Waals surface area contributed by atoms with Crippen LogP contribution in [0.1, 0.15) is 22.3 Å². The number of rotatable bonds is 5. The molecule has 0 aliphatic carbocycles. The summed E-state index contributed by atoms with van der Waals surface area (Å²) in [5, 5.41) is 16.0. The molecule has 1 amide bonds. The largest absolute Gasteiger partial charge is 0.395 e. The van der Waals surface area contributed by atoms with Crippen LogP contribution in [0.15, 0.2) is 24.3 Å². The lowest BCUT2D eigenvalue weighted by Crippen LogP contribution is -2.31. The van der Waals surface area contributed by atoms with Crippen molar-refractivity contribution in [3.8, 4) is 11.8 Å². The normalized spacial score (nSPS) is 10.5. The van der Waals surface area contributed by atoms with E-state index in [2.05, 4.69) is 17.2 Å². The second kappa shape index (κ2) is 7.65. The highest BCUT2D eigenvalue weighted by molar-refractivity contribution is 7.89. The lowest BCUT2D eigenvalue weighted by molar-refractivity contribution is 0.0956. The molecular formula is C13H16N2O4S. The second-order valence-corrected chi connectivity index (χ2v) is 5.68. The smallest absolute Gasteiger partial charge is 0.252 e. The van der Waals surface area contributed by atoms with E-state index < -0.39 is 15.9 Å². The molecule has 0 saturated carbocycles. The fourth-order valence-corrected chi connectivity index (χ4v) is 1.79. The zero-order chi connectivity index (χ0) is 15.0. The van der Waals surface area contributed by atoms with Crippen LogP contribution < -0.4 is 10.5 Å². The van der Waals surface area contributed by atoms with E-state index in [1.807, 2.05) is 0 Å². The van der Waals surface area contributed by atoms with Crippen molar-refractivity contribution in [1.82, 2.24) is 5.32 Å². The second-order valence-electron chi connectivity index (χ2n) is 3.94. The Kier molecular flexibility index (Phi) is 6.18. The summed E-state index contributed by atoms with van der Waals surface area (Å²) in [6, 6.07) is 6.70. The van der Waals surface area contributed by atoms with Gasteiger partial charge in [0.25, 0.3) is 5.91 Å². The summed E-state index contributed by atoms with van der Waals surface area (Å²) < 4.78 is 21.5. The molecule has 0 fully saturated rings. The molecule has 0 saturated heterocycles. The summed E-state index contributed by atoms with van der Waals surface area (Å²) in [6.07, 6.45) is 0.321. The lowest BCUT2D eigenvalue weighted by Gasteiger charge is -2.06. The van der Waals surface area contributed by atoms with Gasteiger partial charge in [0.2, 0.25) is 10.0 Å². The number of benzene rings is 1. The van der Waals surface area contributed by atoms with Crippen LogP contribution in [0.5, 0.6) is 0 Å². The van der Waals surface area contributed by atoms with Gasteiger partial charge in [0.15, 0.2) is 0 Å². The summed E-state index contributed by atoms with van der Waals surface area (Å²) in [7, 11) is -3.60. The van der Waals surface area contributed by atoms with Gasteiger partial charge in [-0.15, -0.1) is 0 Å². The maximum Gasteiger partial charge on any atom is 0.252 e. The van der Waals surface area contributed by atoms with Crippen molar-refractivity contribution < 1.29 is 18.3 Å². The van der Waals surface area contributed by atoms with E-state index in [9.17, 15) is 13.2 Å². The number of aliphatic hydroxyl groups excluding tert-OH is 1. The number of hydrogen-bond acceptors (Lipinski definition) is 4. The first kappa shape index (κ1) is 16.2. The molecule has 0 aliphatic rings. The first-order chi connectivity index (χ1) is 9.44. The highest BCUT2D eigenvalue weighted by Crippen LogP contribution is 2.07. The predicted octanol–water partition coefficient (Wildman–Crippen LogP) is -0.561. The first-order valence-corrected chi connectivity index (χ1v) is 7.63. The van der Waals surface area contributed by atoms with Gasteiger partial charge in [-0.1, -0.05) is 24.0 Å². The lowest BCUT2D eigenvalue weighted by atomic mass is 10.1. The summed E-state index contributed by atoms with van der Waals surface area (Å²) in [4.78, 5) is 11.9. The third-order valence-corrected chi connectivity index (χ3v) is 3.08. The average Bonchev–Trinajstić information content (AvgIpc) is 2.38. The van der Waals surface area contributed by atoms with Gasteiger partial charge in [-0.3, -0.25) is 4.79 Å². The molecule has 108 valence electrons. The van der Waals surface area contributed by atoms with Crippen molar-refractivity contribution >= 4 is 15.9 Å². The molecular weight excluding hydrogens is 280 g/mol. The van der Waals surface area contributed by atoms with E-state index in [0.29, 0.717) is 17.5 Å². The third kappa shape index (κ3) is 5.84. The minimum absolute atomic E-state index is 0.0459. The van der Waals surface area contributed by atoms with Gasteiger partial charge in [-0.05, 0) is 12.1 Å². The van der Waals surface area contributed by atoms with Gasteiger partial charge in [0, 0.05) is 18.5 Å². The van der Waals surface area contributed by atoms with Crippen molar-refractivity contribution in [3.05, 3.63) is 35.4 Å². The van der Waals surface area contributed by atoms with E-state index in [4.69, 9.17) is 10.2 Å². The Morgan fingerprint density at radius 1 is 1.35 bits per heavy atom. The number of aliphatic hydroxyl groups is 1. The number of nitrogens with one attached hydrogen (secondary N) is 1. The van der Waals surface area contributed by atoms with Crippen LogP contribution >= 0.6 is 0 Å². The van der Waals surface area contributed by atoms with Gasteiger partial charge >= 0.3 is 0 Å². The van der Waals surface area contributed by atoms with Crippen LogP contribution in [0.3, 0.4) is 0 Å². The quantitative estimate of drug-likeness (QED) is 0.633. The Bertz CT molecular complexity index is 629. The molecule has 0 aromatic heterocycles. The Labute approximate surface area is 118 Å². The highest BCUT2D eigenvalue weighted by Gasteiger charge is 2.10. The van der Waals surface area contributed by atoms with Crippen LogP contribution in [-0.4, -0.2) is 38.3 Å². The maximum atomic E-state index is 11.9. The molecule has 6 nitrogen and oxygen atoms in total. The molecule has 4 N–H and O–H groups in total. The summed E-state index contributed by atoms with van der Waals surface area (Å²) in [5.41, 5.74) is 0.876. The third-order valence-electron chi connectivity index (χ3n) is 2.30. The van der Waals surface area contributed by atoms with Crippen molar-refractivity contribution in [3.63, 3.8) is 0 Å². The summed E-state index contributed by atoms with van der Waals surface area (Å²) in [6.45, 7) is -0.105. The van der Waals surface area contributed by atoms with Crippen LogP contribution in [0, 0.1) is 11.8 Å². The number of amides is 1. The Hall–Kier alpha value is -1.88. The molecule has 1 aromatic carbocycles. The minimum atomic E-state index is -3.60. The molecule has 0 radical (unpaired) electrons. The Morgan fingerprint density at radius 3 is 2.70 bits per heavy atom. The highest BCUT2D eigenvalue weighted by atomic mass is 32.2. The van der Waals surface area contributed by atoms with E-state index in [0.717, 1.165) is 0 Å². The van der Waals surface area contributed by atoms with E-state index in [1.54, 1.807) is 24.3 Å². The topological polar surface area (TPSA) is 109 Å². The monoisotopic (exact) mass is 296 g/mol. The Balaban J connectivity index is 2.76. The van der Waals surface area contributed by atoms with Gasteiger partial charge in [-0.25, -0.2) is 13.6 Å². The standard InChI is InChI=1S/C13H16N2O4S/c14-20(18,19)10-8-15-13(17)12-7-2-1-5-11(12)6-3-4-9-16/h1-2,5,7,16H,4,8-10H2,(H,15,17)(H2,14,18,19). The molecule has 0 heterocycles. The SMILES string of the molecule is NS(=O)(=O)CCNC(=O)c1ccccc1C#CCCO. The van der Waals surface area contributed by atoms with Crippen LogP contribution in [-0.2, 0) is 10.0 Å². The zero-order valence-corrected chi connectivity index (χ0v) is 11.6. The van der Waals surface area contributed by atoms with E-state index in [1.165, 1.54) is 0 Å². The molecule has 20 heavy (non-hydrogen) atoms. The van der Waals surface area contributed by atoms with E-state index >= 15 is 0 Å². The number of nitrogens with two attached hydrogens (primary N) is 1. The molecule has 0 bridgehead atoms. The number of hydrogen-bond donors (Lipinski definition) is 3. The fourth-order valence-electron chi connectivity index (χ4n) is 1.41. The van der Waals surface area contributed by atoms with Crippen molar-refractivity contribution in [1.29, 1.82) is 0 Å². The molecule has 1 aromatic rings. The predicted molar refractivity (Wildman–Crippen MR) is 75.3 cm³/mol. The van der Waals surface area contributed by atoms with Gasteiger partial charge in [-0.2, -0.15) is 0 Å². The zero-order valence-electron chi connectivity index (χ0n) is 10.8. The van der Waals surface area contributed by atoms with Crippen LogP contribution in [0.2, 0.25) is 0 Å². The van der Waals surface area contributed by atoms with Gasteiger partial charge in [0.1, 0.15) is 0 Å². The van der Waals surface area contributed by atoms with Crippen LogP contribution in [0.25, 0.3) is 0 Å².